The predicted molar refractivity (Wildman–Crippen MR) is 178 cm³/mol. The third-order valence-electron chi connectivity index (χ3n) is 6.85. The van der Waals surface area contributed by atoms with E-state index in [1.165, 1.54) is 0 Å². The number of carbonyl (C=O) groups excluding carboxylic acids is 4. The van der Waals surface area contributed by atoms with Crippen LogP contribution in [0.5, 0.6) is 0 Å². The molecule has 0 spiro atoms. The zero-order valence-corrected chi connectivity index (χ0v) is 26.9. The van der Waals surface area contributed by atoms with E-state index in [2.05, 4.69) is 20.9 Å². The third-order valence-corrected chi connectivity index (χ3v) is 6.85. The zero-order valence-electron chi connectivity index (χ0n) is 26.9. The Balaban J connectivity index is 1.66. The quantitative estimate of drug-likeness (QED) is 0.0622. The molecule has 47 heavy (non-hydrogen) atoms. The Hall–Kier alpha value is -4.85. The fourth-order valence-electron chi connectivity index (χ4n) is 4.27. The van der Waals surface area contributed by atoms with E-state index < -0.39 is 24.2 Å². The SMILES string of the molecule is NC(N)=NCCCCC(=O)NCCC(O)C(=O)NCCCCN(CCCNC(=O)OCc1ccccc1)C(=O)OCc1ccccc1. The molecule has 14 nitrogen and oxygen atoms in total. The Kier molecular flexibility index (Phi) is 19.2. The van der Waals surface area contributed by atoms with Crippen molar-refractivity contribution in [2.75, 3.05) is 39.3 Å². The van der Waals surface area contributed by atoms with Gasteiger partial charge in [-0.2, -0.15) is 0 Å². The standard InChI is InChI=1S/C33H49N7O7/c34-31(35)38-19-8-7-16-29(42)36-21-17-28(41)30(43)37-18-9-10-22-40(33(45)47-25-27-14-5-2-6-15-27)23-11-20-39-32(44)46-24-26-12-3-1-4-13-26/h1-6,12-15,28,41H,7-11,16-25H2,(H,36,42)(H,37,43)(H,39,44)(H4,34,35,38). The molecule has 0 fully saturated rings. The van der Waals surface area contributed by atoms with Gasteiger partial charge in [-0.05, 0) is 49.7 Å². The van der Waals surface area contributed by atoms with Gasteiger partial charge in [0.2, 0.25) is 11.8 Å². The summed E-state index contributed by atoms with van der Waals surface area (Å²) >= 11 is 0. The van der Waals surface area contributed by atoms with Gasteiger partial charge in [0.05, 0.1) is 0 Å². The molecule has 2 aromatic carbocycles. The first-order valence-corrected chi connectivity index (χ1v) is 15.9. The molecule has 2 aromatic rings. The highest BCUT2D eigenvalue weighted by molar-refractivity contribution is 5.80. The second-order valence-electron chi connectivity index (χ2n) is 10.8. The number of carbonyl (C=O) groups is 4. The normalized spacial score (nSPS) is 11.1. The number of hydrogen-bond donors (Lipinski definition) is 6. The monoisotopic (exact) mass is 655 g/mol. The van der Waals surface area contributed by atoms with E-state index in [9.17, 15) is 24.3 Å². The van der Waals surface area contributed by atoms with Crippen molar-refractivity contribution in [2.45, 2.75) is 64.3 Å². The number of aliphatic hydroxyl groups excluding tert-OH is 1. The number of guanidine groups is 1. The highest BCUT2D eigenvalue weighted by Gasteiger charge is 2.17. The highest BCUT2D eigenvalue weighted by Crippen LogP contribution is 2.06. The molecule has 0 aromatic heterocycles. The minimum atomic E-state index is -1.26. The molecule has 0 aliphatic heterocycles. The van der Waals surface area contributed by atoms with E-state index in [1.54, 1.807) is 4.90 Å². The fraction of sp³-hybridized carbons (Fsp3) is 0.485. The molecule has 0 bridgehead atoms. The Labute approximate surface area is 276 Å². The number of alkyl carbamates (subject to hydrolysis) is 1. The Morgan fingerprint density at radius 1 is 0.745 bits per heavy atom. The molecule has 0 aliphatic rings. The fourth-order valence-corrected chi connectivity index (χ4v) is 4.27. The van der Waals surface area contributed by atoms with Gasteiger partial charge in [-0.25, -0.2) is 9.59 Å². The van der Waals surface area contributed by atoms with Crippen LogP contribution < -0.4 is 27.4 Å². The minimum absolute atomic E-state index is 0.0169. The summed E-state index contributed by atoms with van der Waals surface area (Å²) in [6.45, 7) is 2.26. The summed E-state index contributed by atoms with van der Waals surface area (Å²) in [4.78, 5) is 54.5. The molecule has 1 unspecified atom stereocenters. The molecular formula is C33H49N7O7. The van der Waals surface area contributed by atoms with Crippen molar-refractivity contribution >= 4 is 30.0 Å². The van der Waals surface area contributed by atoms with Crippen LogP contribution in [0, 0.1) is 0 Å². The van der Waals surface area contributed by atoms with Crippen LogP contribution >= 0.6 is 0 Å². The van der Waals surface area contributed by atoms with E-state index in [4.69, 9.17) is 20.9 Å². The van der Waals surface area contributed by atoms with Crippen LogP contribution in [0.1, 0.15) is 56.1 Å². The maximum absolute atomic E-state index is 12.9. The van der Waals surface area contributed by atoms with Gasteiger partial charge in [-0.15, -0.1) is 0 Å². The molecule has 0 saturated carbocycles. The van der Waals surface area contributed by atoms with Gasteiger partial charge in [-0.3, -0.25) is 14.6 Å². The number of amides is 4. The first-order valence-electron chi connectivity index (χ1n) is 15.9. The molecule has 0 aliphatic carbocycles. The summed E-state index contributed by atoms with van der Waals surface area (Å²) in [6.07, 6.45) is 1.02. The lowest BCUT2D eigenvalue weighted by Crippen LogP contribution is -2.38. The van der Waals surface area contributed by atoms with Gasteiger partial charge < -0.3 is 46.9 Å². The molecule has 4 amide bonds. The van der Waals surface area contributed by atoms with Crippen molar-refractivity contribution in [3.8, 4) is 0 Å². The number of nitrogens with one attached hydrogen (secondary N) is 3. The molecule has 14 heteroatoms. The summed E-state index contributed by atoms with van der Waals surface area (Å²) < 4.78 is 10.7. The van der Waals surface area contributed by atoms with E-state index in [0.29, 0.717) is 71.2 Å². The highest BCUT2D eigenvalue weighted by atomic mass is 16.6. The Morgan fingerprint density at radius 3 is 2.02 bits per heavy atom. The number of unbranched alkanes of at least 4 members (excludes halogenated alkanes) is 2. The average molecular weight is 656 g/mol. The smallest absolute Gasteiger partial charge is 0.410 e. The zero-order chi connectivity index (χ0) is 34.1. The number of hydrogen-bond acceptors (Lipinski definition) is 8. The number of nitrogens with zero attached hydrogens (tertiary/aromatic N) is 2. The maximum Gasteiger partial charge on any atom is 0.410 e. The van der Waals surface area contributed by atoms with Gasteiger partial charge >= 0.3 is 12.2 Å². The lowest BCUT2D eigenvalue weighted by Gasteiger charge is -2.22. The topological polar surface area (TPSA) is 211 Å². The van der Waals surface area contributed by atoms with Crippen molar-refractivity contribution in [3.05, 3.63) is 71.8 Å². The molecule has 258 valence electrons. The van der Waals surface area contributed by atoms with Crippen LogP contribution in [0.3, 0.4) is 0 Å². The number of nitrogens with two attached hydrogens (primary N) is 2. The lowest BCUT2D eigenvalue weighted by atomic mass is 10.2. The van der Waals surface area contributed by atoms with Crippen molar-refractivity contribution < 1.29 is 33.8 Å². The van der Waals surface area contributed by atoms with Gasteiger partial charge in [0.1, 0.15) is 19.3 Å². The molecule has 1 atom stereocenters. The lowest BCUT2D eigenvalue weighted by molar-refractivity contribution is -0.130. The van der Waals surface area contributed by atoms with E-state index in [0.717, 1.165) is 11.1 Å². The molecule has 0 radical (unpaired) electrons. The van der Waals surface area contributed by atoms with Gasteiger partial charge in [0, 0.05) is 45.7 Å². The summed E-state index contributed by atoms with van der Waals surface area (Å²) in [5, 5.41) is 18.2. The van der Waals surface area contributed by atoms with E-state index in [1.807, 2.05) is 60.7 Å². The molecule has 8 N–H and O–H groups in total. The van der Waals surface area contributed by atoms with Crippen LogP contribution in [-0.4, -0.2) is 85.3 Å². The van der Waals surface area contributed by atoms with Gasteiger partial charge in [-0.1, -0.05) is 60.7 Å². The van der Waals surface area contributed by atoms with Crippen LogP contribution in [0.2, 0.25) is 0 Å². The van der Waals surface area contributed by atoms with E-state index >= 15 is 0 Å². The van der Waals surface area contributed by atoms with Crippen molar-refractivity contribution in [3.63, 3.8) is 0 Å². The molecule has 0 saturated heterocycles. The molecule has 0 heterocycles. The van der Waals surface area contributed by atoms with Gasteiger partial charge in [0.25, 0.3) is 0 Å². The second kappa shape index (κ2) is 23.5. The maximum atomic E-state index is 12.9. The van der Waals surface area contributed by atoms with Crippen molar-refractivity contribution in [1.29, 1.82) is 0 Å². The van der Waals surface area contributed by atoms with Gasteiger partial charge in [0.15, 0.2) is 5.96 Å². The Morgan fingerprint density at radius 2 is 1.36 bits per heavy atom. The largest absolute Gasteiger partial charge is 0.445 e. The average Bonchev–Trinajstić information content (AvgIpc) is 3.07. The van der Waals surface area contributed by atoms with Crippen LogP contribution in [0.25, 0.3) is 0 Å². The number of rotatable bonds is 22. The number of aliphatic imine (C=N–C) groups is 1. The van der Waals surface area contributed by atoms with Crippen molar-refractivity contribution in [1.82, 2.24) is 20.9 Å². The van der Waals surface area contributed by atoms with Crippen LogP contribution in [-0.2, 0) is 32.3 Å². The molecule has 2 rings (SSSR count). The summed E-state index contributed by atoms with van der Waals surface area (Å²) in [5.41, 5.74) is 12.3. The van der Waals surface area contributed by atoms with Crippen molar-refractivity contribution in [2.24, 2.45) is 16.5 Å². The summed E-state index contributed by atoms with van der Waals surface area (Å²) in [7, 11) is 0. The first kappa shape index (κ1) is 38.3. The molecular weight excluding hydrogens is 606 g/mol. The van der Waals surface area contributed by atoms with E-state index in [-0.39, 0.29) is 38.0 Å². The van der Waals surface area contributed by atoms with Crippen LogP contribution in [0.15, 0.2) is 65.7 Å². The van der Waals surface area contributed by atoms with Crippen LogP contribution in [0.4, 0.5) is 9.59 Å². The Bertz CT molecular complexity index is 1230. The number of ether oxygens (including phenoxy) is 2. The first-order chi connectivity index (χ1) is 22.7. The summed E-state index contributed by atoms with van der Waals surface area (Å²) in [5.74, 6) is -0.683. The second-order valence-corrected chi connectivity index (χ2v) is 10.8. The predicted octanol–water partition coefficient (Wildman–Crippen LogP) is 2.15. The number of aliphatic hydroxyl groups is 1. The summed E-state index contributed by atoms with van der Waals surface area (Å²) in [6, 6.07) is 18.7. The third kappa shape index (κ3) is 18.7. The number of benzene rings is 2. The minimum Gasteiger partial charge on any atom is -0.445 e.